The molecular weight excluding hydrogens is 229 g/mol. The summed E-state index contributed by atoms with van der Waals surface area (Å²) in [6.45, 7) is 0. The summed E-state index contributed by atoms with van der Waals surface area (Å²) in [6.07, 6.45) is 0. The first-order chi connectivity index (χ1) is 6.52. The van der Waals surface area contributed by atoms with E-state index in [0.717, 1.165) is 0 Å². The number of hydrogen-bond donors (Lipinski definition) is 2. The highest BCUT2D eigenvalue weighted by atomic mass is 32.2. The van der Waals surface area contributed by atoms with E-state index in [4.69, 9.17) is 4.89 Å². The molecule has 0 spiro atoms. The summed E-state index contributed by atoms with van der Waals surface area (Å²) in [6, 6.07) is 7.35. The van der Waals surface area contributed by atoms with Crippen molar-refractivity contribution in [3.05, 3.63) is 30.3 Å². The minimum Gasteiger partial charge on any atom is -0.205 e. The van der Waals surface area contributed by atoms with Crippen LogP contribution in [0.2, 0.25) is 0 Å². The Kier molecular flexibility index (Phi) is 3.68. The Morgan fingerprint density at radius 3 is 2.36 bits per heavy atom. The second-order valence-corrected chi connectivity index (χ2v) is 4.53. The van der Waals surface area contributed by atoms with Gasteiger partial charge in [0.1, 0.15) is 0 Å². The molecule has 0 radical (unpaired) electrons. The zero-order valence-corrected chi connectivity index (χ0v) is 8.53. The predicted octanol–water partition coefficient (Wildman–Crippen LogP) is 0.546. The van der Waals surface area contributed by atoms with Crippen molar-refractivity contribution >= 4 is 18.3 Å². The van der Waals surface area contributed by atoms with Crippen LogP contribution in [0.15, 0.2) is 35.2 Å². The van der Waals surface area contributed by atoms with Crippen LogP contribution >= 0.6 is 8.25 Å². The van der Waals surface area contributed by atoms with Crippen LogP contribution in [0, 0.1) is 0 Å². The topological polar surface area (TPSA) is 92.7 Å². The van der Waals surface area contributed by atoms with E-state index in [9.17, 15) is 13.0 Å². The zero-order valence-electron chi connectivity index (χ0n) is 6.82. The van der Waals surface area contributed by atoms with Gasteiger partial charge in [0.05, 0.1) is 4.90 Å². The number of hydrogen-bond acceptors (Lipinski definition) is 4. The van der Waals surface area contributed by atoms with Gasteiger partial charge in [-0.05, 0) is 21.6 Å². The van der Waals surface area contributed by atoms with Gasteiger partial charge in [-0.1, -0.05) is 18.2 Å². The molecule has 0 aliphatic heterocycles. The maximum atomic E-state index is 11.3. The summed E-state index contributed by atoms with van der Waals surface area (Å²) in [4.78, 5) is 9.69. The average molecular weight is 236 g/mol. The fourth-order valence-corrected chi connectivity index (χ4v) is 1.99. The summed E-state index contributed by atoms with van der Waals surface area (Å²) in [5.74, 6) is 0. The lowest BCUT2D eigenvalue weighted by atomic mass is 10.4. The molecule has 0 aliphatic rings. The minimum atomic E-state index is -3.87. The molecule has 1 rings (SSSR count). The van der Waals surface area contributed by atoms with Crippen LogP contribution in [0.5, 0.6) is 0 Å². The monoisotopic (exact) mass is 236 g/mol. The molecule has 0 saturated heterocycles. The molecule has 8 heteroatoms. The van der Waals surface area contributed by atoms with Crippen molar-refractivity contribution in [1.82, 2.24) is 4.89 Å². The molecule has 0 amide bonds. The SMILES string of the molecule is O=[P+](O)ONS(=O)(=O)c1ccccc1. The third kappa shape index (κ3) is 3.13. The van der Waals surface area contributed by atoms with Crippen LogP contribution in [0.3, 0.4) is 0 Å². The van der Waals surface area contributed by atoms with E-state index in [2.05, 4.69) is 4.62 Å². The van der Waals surface area contributed by atoms with E-state index in [1.807, 2.05) is 0 Å². The molecule has 0 saturated carbocycles. The molecule has 76 valence electrons. The van der Waals surface area contributed by atoms with Gasteiger partial charge < -0.3 is 0 Å². The minimum absolute atomic E-state index is 0.0446. The number of sulfonamides is 1. The van der Waals surface area contributed by atoms with Crippen LogP contribution in [-0.2, 0) is 19.2 Å². The summed E-state index contributed by atoms with van der Waals surface area (Å²) in [5, 5.41) is 0. The van der Waals surface area contributed by atoms with Gasteiger partial charge in [-0.3, -0.25) is 0 Å². The Morgan fingerprint density at radius 1 is 1.29 bits per heavy atom. The Bertz CT molecular complexity index is 417. The van der Waals surface area contributed by atoms with Gasteiger partial charge in [0.2, 0.25) is 0 Å². The van der Waals surface area contributed by atoms with E-state index < -0.39 is 18.3 Å². The smallest absolute Gasteiger partial charge is 0.205 e. The standard InChI is InChI=1S/C6H6NO5PS/c8-13(9)12-7-14(10,11)6-4-2-1-3-5-6/h1-5,7H/p+1. The van der Waals surface area contributed by atoms with Crippen molar-refractivity contribution < 1.29 is 22.5 Å². The highest BCUT2D eigenvalue weighted by molar-refractivity contribution is 7.89. The van der Waals surface area contributed by atoms with Gasteiger partial charge in [-0.25, -0.2) is 8.42 Å². The molecular formula is C6H7NO5PS+. The molecule has 1 aromatic carbocycles. The molecule has 0 aromatic heterocycles. The molecule has 0 fully saturated rings. The molecule has 1 unspecified atom stereocenters. The van der Waals surface area contributed by atoms with Crippen LogP contribution in [0.1, 0.15) is 0 Å². The number of rotatable bonds is 4. The molecule has 1 atom stereocenters. The highest BCUT2D eigenvalue weighted by Gasteiger charge is 2.21. The lowest BCUT2D eigenvalue weighted by molar-refractivity contribution is 0.243. The normalized spacial score (nSPS) is 12.5. The van der Waals surface area contributed by atoms with Crippen LogP contribution in [0.25, 0.3) is 0 Å². The first-order valence-electron chi connectivity index (χ1n) is 3.42. The van der Waals surface area contributed by atoms with Gasteiger partial charge in [0, 0.05) is 4.57 Å². The maximum absolute atomic E-state index is 11.3. The fraction of sp³-hybridized carbons (Fsp3) is 0. The second-order valence-electron chi connectivity index (χ2n) is 2.23. The second kappa shape index (κ2) is 4.59. The van der Waals surface area contributed by atoms with Crippen LogP contribution in [-0.4, -0.2) is 13.3 Å². The predicted molar refractivity (Wildman–Crippen MR) is 47.7 cm³/mol. The van der Waals surface area contributed by atoms with Crippen LogP contribution < -0.4 is 4.89 Å². The molecule has 0 bridgehead atoms. The molecule has 2 N–H and O–H groups in total. The number of benzene rings is 1. The van der Waals surface area contributed by atoms with Gasteiger partial charge in [0.25, 0.3) is 10.0 Å². The Hall–Kier alpha value is -0.850. The van der Waals surface area contributed by atoms with Crippen molar-refractivity contribution in [3.63, 3.8) is 0 Å². The van der Waals surface area contributed by atoms with Gasteiger partial charge >= 0.3 is 8.25 Å². The third-order valence-electron chi connectivity index (χ3n) is 1.28. The summed E-state index contributed by atoms with van der Waals surface area (Å²) in [5.41, 5.74) is 0. The lowest BCUT2D eigenvalue weighted by Crippen LogP contribution is -2.21. The van der Waals surface area contributed by atoms with E-state index in [1.54, 1.807) is 6.07 Å². The Labute approximate surface area is 81.5 Å². The van der Waals surface area contributed by atoms with Gasteiger partial charge in [0.15, 0.2) is 0 Å². The molecule has 0 heterocycles. The Morgan fingerprint density at radius 2 is 1.86 bits per heavy atom. The largest absolute Gasteiger partial charge is 0.714 e. The highest BCUT2D eigenvalue weighted by Crippen LogP contribution is 2.14. The van der Waals surface area contributed by atoms with Crippen molar-refractivity contribution in [3.8, 4) is 0 Å². The first-order valence-corrected chi connectivity index (χ1v) is 6.03. The summed E-state index contributed by atoms with van der Waals surface area (Å²) < 4.78 is 36.5. The lowest BCUT2D eigenvalue weighted by Gasteiger charge is -1.98. The van der Waals surface area contributed by atoms with Crippen molar-refractivity contribution in [2.75, 3.05) is 0 Å². The summed E-state index contributed by atoms with van der Waals surface area (Å²) >= 11 is 0. The van der Waals surface area contributed by atoms with Crippen molar-refractivity contribution in [1.29, 1.82) is 0 Å². The molecule has 6 nitrogen and oxygen atoms in total. The fourth-order valence-electron chi connectivity index (χ4n) is 0.729. The van der Waals surface area contributed by atoms with Gasteiger partial charge in [-0.2, -0.15) is 0 Å². The van der Waals surface area contributed by atoms with Crippen LogP contribution in [0.4, 0.5) is 0 Å². The maximum Gasteiger partial charge on any atom is 0.714 e. The van der Waals surface area contributed by atoms with Crippen molar-refractivity contribution in [2.24, 2.45) is 0 Å². The van der Waals surface area contributed by atoms with E-state index >= 15 is 0 Å². The molecule has 1 aromatic rings. The summed E-state index contributed by atoms with van der Waals surface area (Å²) in [7, 11) is -6.87. The molecule has 0 aliphatic carbocycles. The Balaban J connectivity index is 2.82. The number of nitrogens with one attached hydrogen (secondary N) is 1. The van der Waals surface area contributed by atoms with Crippen molar-refractivity contribution in [2.45, 2.75) is 4.90 Å². The van der Waals surface area contributed by atoms with E-state index in [-0.39, 0.29) is 4.90 Å². The van der Waals surface area contributed by atoms with E-state index in [1.165, 1.54) is 29.2 Å². The third-order valence-corrected chi connectivity index (χ3v) is 2.85. The zero-order chi connectivity index (χ0) is 10.6. The average Bonchev–Trinajstić information content (AvgIpc) is 2.16. The quantitative estimate of drug-likeness (QED) is 0.588. The van der Waals surface area contributed by atoms with Gasteiger partial charge in [-0.15, -0.1) is 4.89 Å². The molecule has 14 heavy (non-hydrogen) atoms. The first kappa shape index (κ1) is 11.2. The van der Waals surface area contributed by atoms with E-state index in [0.29, 0.717) is 0 Å².